The van der Waals surface area contributed by atoms with E-state index in [4.69, 9.17) is 27.4 Å². The van der Waals surface area contributed by atoms with Crippen LogP contribution in [0.4, 0.5) is 0 Å². The van der Waals surface area contributed by atoms with Crippen LogP contribution in [-0.4, -0.2) is 73.6 Å². The Balaban J connectivity index is 1.34. The maximum absolute atomic E-state index is 14.0. The summed E-state index contributed by atoms with van der Waals surface area (Å²) in [7, 11) is -9.14. The van der Waals surface area contributed by atoms with Gasteiger partial charge >= 0.3 is 0 Å². The van der Waals surface area contributed by atoms with Crippen molar-refractivity contribution in [2.45, 2.75) is 170 Å². The van der Waals surface area contributed by atoms with Crippen LogP contribution in [-0.2, 0) is 37.6 Å². The van der Waals surface area contributed by atoms with E-state index in [-0.39, 0.29) is 51.4 Å². The maximum Gasteiger partial charge on any atom is 0.297 e. The summed E-state index contributed by atoms with van der Waals surface area (Å²) < 4.78 is 55.3. The fourth-order valence-corrected chi connectivity index (χ4v) is 16.8. The zero-order valence-electron chi connectivity index (χ0n) is 32.3. The van der Waals surface area contributed by atoms with Gasteiger partial charge in [-0.05, 0) is 66.7 Å². The van der Waals surface area contributed by atoms with Crippen molar-refractivity contribution in [3.63, 3.8) is 0 Å². The van der Waals surface area contributed by atoms with Crippen molar-refractivity contribution in [1.29, 1.82) is 0 Å². The van der Waals surface area contributed by atoms with Crippen LogP contribution >= 0.6 is 0 Å². The molecule has 2 aromatic carbocycles. The van der Waals surface area contributed by atoms with E-state index in [1.54, 1.807) is 29.5 Å². The summed E-state index contributed by atoms with van der Waals surface area (Å²) in [5.74, 6) is 0.294. The molecule has 1 aliphatic carbocycles. The van der Waals surface area contributed by atoms with Crippen molar-refractivity contribution >= 4 is 26.8 Å². The van der Waals surface area contributed by atoms with Crippen LogP contribution in [0.5, 0.6) is 0 Å². The first kappa shape index (κ1) is 39.2. The first-order valence-corrected chi connectivity index (χ1v) is 25.5. The number of hydrogen-bond acceptors (Lipinski definition) is 9. The lowest BCUT2D eigenvalue weighted by atomic mass is 9.81. The van der Waals surface area contributed by atoms with Crippen LogP contribution in [0, 0.1) is 6.92 Å². The van der Waals surface area contributed by atoms with Gasteiger partial charge in [0.05, 0.1) is 29.8 Å². The van der Waals surface area contributed by atoms with Crippen molar-refractivity contribution in [3.05, 3.63) is 65.7 Å². The molecule has 4 fully saturated rings. The molecule has 12 heteroatoms. The van der Waals surface area contributed by atoms with E-state index in [0.29, 0.717) is 12.3 Å². The lowest BCUT2D eigenvalue weighted by Crippen LogP contribution is -2.53. The Morgan fingerprint density at radius 1 is 0.941 bits per heavy atom. The van der Waals surface area contributed by atoms with E-state index in [9.17, 15) is 8.42 Å². The zero-order chi connectivity index (χ0) is 36.9. The van der Waals surface area contributed by atoms with Gasteiger partial charge in [0.15, 0.2) is 14.6 Å². The zero-order valence-corrected chi connectivity index (χ0v) is 35.2. The van der Waals surface area contributed by atoms with E-state index in [2.05, 4.69) is 91.9 Å². The molecule has 6 rings (SSSR count). The van der Waals surface area contributed by atoms with Crippen molar-refractivity contribution in [2.24, 2.45) is 0 Å². The Bertz CT molecular complexity index is 1570. The molecule has 1 saturated carbocycles. The molecule has 0 amide bonds. The van der Waals surface area contributed by atoms with Gasteiger partial charge in [0.25, 0.3) is 10.1 Å². The topological polar surface area (TPSA) is 92.8 Å². The molecule has 4 aliphatic rings. The molecule has 3 saturated heterocycles. The van der Waals surface area contributed by atoms with Crippen molar-refractivity contribution < 1.29 is 35.9 Å². The van der Waals surface area contributed by atoms with Crippen molar-refractivity contribution in [2.75, 3.05) is 6.61 Å². The van der Waals surface area contributed by atoms with Crippen molar-refractivity contribution in [1.82, 2.24) is 5.23 Å². The van der Waals surface area contributed by atoms with Gasteiger partial charge in [-0.3, -0.25) is 9.02 Å². The molecule has 2 aromatic rings. The quantitative estimate of drug-likeness (QED) is 0.155. The summed E-state index contributed by atoms with van der Waals surface area (Å²) >= 11 is 0. The smallest absolute Gasteiger partial charge is 0.297 e. The molecule has 3 heterocycles. The molecule has 0 N–H and O–H groups in total. The molecular formula is C39H61NO8SSi2. The number of rotatable bonds is 12. The second-order valence-electron chi connectivity index (χ2n) is 17.4. The summed E-state index contributed by atoms with van der Waals surface area (Å²) in [5, 5.41) is 1.54. The summed E-state index contributed by atoms with van der Waals surface area (Å²) in [6.07, 6.45) is 2.64. The largest absolute Gasteiger partial charge is 0.414 e. The second kappa shape index (κ2) is 15.0. The molecule has 51 heavy (non-hydrogen) atoms. The number of hydroxylamine groups is 2. The summed E-state index contributed by atoms with van der Waals surface area (Å²) in [4.78, 5) is 13.6. The molecule has 0 spiro atoms. The first-order chi connectivity index (χ1) is 23.9. The normalized spacial score (nSPS) is 30.5. The standard InChI is InChI=1S/C39H61NO8SSi2/c1-26(2)51(27(3)4)38-36-33(48-51)24-35(44-32-19-15-14-18-31(32)29-16-12-11-13-17-29)45-40(36)46-37(38)34(25-43-50(9,10)39(6,7)8)47-49(41,42)30-22-20-28(5)21-23-30/h11-13,16-17,20-23,26-27,31-38H,14-15,18-19,24-25H2,1-10H3/t31-,32+,33+,34+,35-,36-,37-,38+/m1/s1. The van der Waals surface area contributed by atoms with Gasteiger partial charge in [-0.2, -0.15) is 8.42 Å². The summed E-state index contributed by atoms with van der Waals surface area (Å²) in [6.45, 7) is 21.9. The molecule has 0 unspecified atom stereocenters. The lowest BCUT2D eigenvalue weighted by molar-refractivity contribution is -0.450. The maximum atomic E-state index is 14.0. The number of ether oxygens (including phenoxy) is 1. The highest BCUT2D eigenvalue weighted by Gasteiger charge is 2.71. The monoisotopic (exact) mass is 759 g/mol. The van der Waals surface area contributed by atoms with E-state index < -0.39 is 45.3 Å². The van der Waals surface area contributed by atoms with Gasteiger partial charge < -0.3 is 13.6 Å². The van der Waals surface area contributed by atoms with Gasteiger partial charge in [0.1, 0.15) is 12.2 Å². The SMILES string of the molecule is Cc1ccc(S(=O)(=O)O[C@@H](CO[Si](C)(C)C(C)(C)C)[C@H]2ON3O[C@@H](O[C@H]4CCCC[C@@H]4c4ccccc4)C[C@@H]4O[Si](C(C)C)(C(C)C)[C@H]2[C@@H]43)cc1. The fourth-order valence-electron chi connectivity index (χ4n) is 8.75. The first-order valence-electron chi connectivity index (χ1n) is 19.1. The van der Waals surface area contributed by atoms with Crippen LogP contribution in [0.15, 0.2) is 59.5 Å². The van der Waals surface area contributed by atoms with Gasteiger partial charge in [-0.15, -0.1) is 0 Å². The van der Waals surface area contributed by atoms with Gasteiger partial charge in [0, 0.05) is 17.9 Å². The fraction of sp³-hybridized carbons (Fsp3) is 0.692. The van der Waals surface area contributed by atoms with E-state index >= 15 is 0 Å². The molecule has 0 aromatic heterocycles. The molecule has 0 radical (unpaired) electrons. The Hall–Kier alpha value is -1.46. The highest BCUT2D eigenvalue weighted by molar-refractivity contribution is 7.86. The third-order valence-corrected chi connectivity index (χ3v) is 24.4. The molecule has 0 bridgehead atoms. The van der Waals surface area contributed by atoms with E-state index in [1.807, 2.05) is 6.92 Å². The highest BCUT2D eigenvalue weighted by Crippen LogP contribution is 2.60. The summed E-state index contributed by atoms with van der Waals surface area (Å²) in [6, 6.07) is 17.2. The number of hydrogen-bond donors (Lipinski definition) is 0. The number of benzene rings is 2. The number of nitrogens with zero attached hydrogens (tertiary/aromatic N) is 1. The highest BCUT2D eigenvalue weighted by atomic mass is 32.2. The lowest BCUT2D eigenvalue weighted by Gasteiger charge is -2.43. The average molecular weight is 760 g/mol. The predicted octanol–water partition coefficient (Wildman–Crippen LogP) is 9.01. The molecule has 9 nitrogen and oxygen atoms in total. The van der Waals surface area contributed by atoms with Crippen LogP contribution in [0.25, 0.3) is 0 Å². The summed E-state index contributed by atoms with van der Waals surface area (Å²) in [5.41, 5.74) is 2.62. The van der Waals surface area contributed by atoms with E-state index in [1.165, 1.54) is 12.0 Å². The van der Waals surface area contributed by atoms with Crippen LogP contribution in [0.1, 0.15) is 97.6 Å². The van der Waals surface area contributed by atoms with Gasteiger partial charge in [0.2, 0.25) is 8.32 Å². The Labute approximate surface area is 309 Å². The minimum absolute atomic E-state index is 0.0178. The molecule has 3 aliphatic heterocycles. The van der Waals surface area contributed by atoms with Crippen LogP contribution in [0.2, 0.25) is 34.8 Å². The van der Waals surface area contributed by atoms with Crippen LogP contribution in [0.3, 0.4) is 0 Å². The Morgan fingerprint density at radius 2 is 1.59 bits per heavy atom. The predicted molar refractivity (Wildman–Crippen MR) is 203 cm³/mol. The Morgan fingerprint density at radius 3 is 2.22 bits per heavy atom. The third kappa shape index (κ3) is 7.74. The van der Waals surface area contributed by atoms with E-state index in [0.717, 1.165) is 24.8 Å². The molecular weight excluding hydrogens is 699 g/mol. The Kier molecular flexibility index (Phi) is 11.5. The molecule has 284 valence electrons. The van der Waals surface area contributed by atoms with Gasteiger partial charge in [-0.1, -0.05) is 115 Å². The van der Waals surface area contributed by atoms with Crippen LogP contribution < -0.4 is 0 Å². The number of aryl methyl sites for hydroxylation is 1. The van der Waals surface area contributed by atoms with Gasteiger partial charge in [-0.25, -0.2) is 4.84 Å². The average Bonchev–Trinajstić information content (AvgIpc) is 3.63. The van der Waals surface area contributed by atoms with Crippen molar-refractivity contribution in [3.8, 4) is 0 Å². The third-order valence-electron chi connectivity index (χ3n) is 12.5. The molecule has 8 atom stereocenters. The second-order valence-corrected chi connectivity index (χ2v) is 28.7. The minimum atomic E-state index is -4.16. The minimum Gasteiger partial charge on any atom is -0.414 e.